The molecule has 1 aromatic rings. The normalized spacial score (nSPS) is 12.4. The van der Waals surface area contributed by atoms with Gasteiger partial charge in [-0.3, -0.25) is 9.59 Å². The zero-order chi connectivity index (χ0) is 11.6. The summed E-state index contributed by atoms with van der Waals surface area (Å²) in [4.78, 5) is 21.4. The van der Waals surface area contributed by atoms with Crippen molar-refractivity contribution >= 4 is 11.9 Å². The van der Waals surface area contributed by atoms with Crippen molar-refractivity contribution in [2.75, 3.05) is 0 Å². The van der Waals surface area contributed by atoms with E-state index in [1.54, 1.807) is 19.9 Å². The van der Waals surface area contributed by atoms with Gasteiger partial charge in [0.25, 0.3) is 0 Å². The van der Waals surface area contributed by atoms with E-state index in [2.05, 4.69) is 0 Å². The lowest BCUT2D eigenvalue weighted by Crippen LogP contribution is -2.16. The minimum Gasteiger partial charge on any atom is -0.481 e. The number of rotatable bonds is 4. The highest BCUT2D eigenvalue weighted by molar-refractivity contribution is 5.82. The Morgan fingerprint density at radius 3 is 2.33 bits per heavy atom. The van der Waals surface area contributed by atoms with Gasteiger partial charge in [-0.2, -0.15) is 0 Å². The van der Waals surface area contributed by atoms with Crippen LogP contribution in [-0.2, 0) is 9.59 Å². The van der Waals surface area contributed by atoms with Crippen LogP contribution >= 0.6 is 0 Å². The van der Waals surface area contributed by atoms with E-state index in [-0.39, 0.29) is 0 Å². The van der Waals surface area contributed by atoms with Crippen molar-refractivity contribution < 1.29 is 24.2 Å². The molecule has 1 aromatic heterocycles. The lowest BCUT2D eigenvalue weighted by atomic mass is 9.96. The fourth-order valence-electron chi connectivity index (χ4n) is 1.50. The summed E-state index contributed by atoms with van der Waals surface area (Å²) in [5.74, 6) is -2.29. The molecule has 0 radical (unpaired) electrons. The molecule has 1 atom stereocenters. The van der Waals surface area contributed by atoms with E-state index >= 15 is 0 Å². The average Bonchev–Trinajstić information content (AvgIpc) is 2.40. The largest absolute Gasteiger partial charge is 0.481 e. The van der Waals surface area contributed by atoms with Crippen LogP contribution in [0.4, 0.5) is 0 Å². The fraction of sp³-hybridized carbons (Fsp3) is 0.400. The molecule has 0 aliphatic carbocycles. The van der Waals surface area contributed by atoms with E-state index in [4.69, 9.17) is 14.6 Å². The molecule has 0 saturated carbocycles. The maximum atomic E-state index is 10.9. The molecule has 5 nitrogen and oxygen atoms in total. The second-order valence-electron chi connectivity index (χ2n) is 3.36. The summed E-state index contributed by atoms with van der Waals surface area (Å²) in [5.41, 5.74) is 0.433. The molecular formula is C10H12O5. The number of aryl methyl sites for hydroxylation is 2. The lowest BCUT2D eigenvalue weighted by Gasteiger charge is -2.07. The molecule has 1 rings (SSSR count). The monoisotopic (exact) mass is 212 g/mol. The molecule has 2 N–H and O–H groups in total. The number of aliphatic carboxylic acids is 2. The van der Waals surface area contributed by atoms with Crippen molar-refractivity contribution in [3.63, 3.8) is 0 Å². The van der Waals surface area contributed by atoms with E-state index in [1.165, 1.54) is 0 Å². The Balaban J connectivity index is 3.03. The Morgan fingerprint density at radius 2 is 2.00 bits per heavy atom. The second-order valence-corrected chi connectivity index (χ2v) is 3.36. The SMILES string of the molecule is Cc1cc(C(CC(=O)O)C(=O)O)c(C)o1. The molecule has 0 aromatic carbocycles. The van der Waals surface area contributed by atoms with E-state index in [9.17, 15) is 9.59 Å². The van der Waals surface area contributed by atoms with E-state index in [0.717, 1.165) is 0 Å². The highest BCUT2D eigenvalue weighted by Gasteiger charge is 2.26. The highest BCUT2D eigenvalue weighted by Crippen LogP contribution is 2.26. The first-order chi connectivity index (χ1) is 6.91. The maximum Gasteiger partial charge on any atom is 0.311 e. The van der Waals surface area contributed by atoms with Crippen LogP contribution < -0.4 is 0 Å². The zero-order valence-corrected chi connectivity index (χ0v) is 8.48. The zero-order valence-electron chi connectivity index (χ0n) is 8.48. The predicted molar refractivity (Wildman–Crippen MR) is 50.8 cm³/mol. The van der Waals surface area contributed by atoms with Crippen LogP contribution in [0.2, 0.25) is 0 Å². The van der Waals surface area contributed by atoms with Crippen molar-refractivity contribution in [2.45, 2.75) is 26.2 Å². The van der Waals surface area contributed by atoms with E-state index < -0.39 is 24.3 Å². The summed E-state index contributed by atoms with van der Waals surface area (Å²) in [6, 6.07) is 1.57. The Morgan fingerprint density at radius 1 is 1.40 bits per heavy atom. The van der Waals surface area contributed by atoms with Crippen molar-refractivity contribution in [1.29, 1.82) is 0 Å². The van der Waals surface area contributed by atoms with Gasteiger partial charge in [-0.05, 0) is 19.9 Å². The van der Waals surface area contributed by atoms with Gasteiger partial charge in [-0.25, -0.2) is 0 Å². The van der Waals surface area contributed by atoms with Gasteiger partial charge in [0.15, 0.2) is 0 Å². The molecule has 5 heteroatoms. The van der Waals surface area contributed by atoms with Crippen molar-refractivity contribution in [3.8, 4) is 0 Å². The molecule has 1 unspecified atom stereocenters. The summed E-state index contributed by atoms with van der Waals surface area (Å²) in [5, 5.41) is 17.5. The summed E-state index contributed by atoms with van der Waals surface area (Å²) < 4.78 is 5.17. The van der Waals surface area contributed by atoms with E-state index in [0.29, 0.717) is 17.1 Å². The highest BCUT2D eigenvalue weighted by atomic mass is 16.4. The Hall–Kier alpha value is -1.78. The van der Waals surface area contributed by atoms with Crippen molar-refractivity contribution in [3.05, 3.63) is 23.2 Å². The minimum absolute atomic E-state index is 0.433. The van der Waals surface area contributed by atoms with Crippen LogP contribution in [0, 0.1) is 13.8 Å². The molecule has 0 spiro atoms. The number of hydrogen-bond donors (Lipinski definition) is 2. The number of carboxylic acid groups (broad SMARTS) is 2. The van der Waals surface area contributed by atoms with Gasteiger partial charge in [-0.15, -0.1) is 0 Å². The van der Waals surface area contributed by atoms with Crippen molar-refractivity contribution in [1.82, 2.24) is 0 Å². The van der Waals surface area contributed by atoms with Crippen molar-refractivity contribution in [2.24, 2.45) is 0 Å². The maximum absolute atomic E-state index is 10.9. The summed E-state index contributed by atoms with van der Waals surface area (Å²) in [6.45, 7) is 3.32. The van der Waals surface area contributed by atoms with Crippen LogP contribution in [0.15, 0.2) is 10.5 Å². The fourth-order valence-corrected chi connectivity index (χ4v) is 1.50. The van der Waals surface area contributed by atoms with Crippen LogP contribution in [0.25, 0.3) is 0 Å². The Labute approximate surface area is 86.3 Å². The van der Waals surface area contributed by atoms with Crippen LogP contribution in [-0.4, -0.2) is 22.2 Å². The Bertz CT molecular complexity index is 391. The van der Waals surface area contributed by atoms with Gasteiger partial charge in [0.1, 0.15) is 11.5 Å². The molecule has 0 amide bonds. The molecule has 1 heterocycles. The number of hydrogen-bond acceptors (Lipinski definition) is 3. The molecule has 15 heavy (non-hydrogen) atoms. The third-order valence-electron chi connectivity index (χ3n) is 2.13. The quantitative estimate of drug-likeness (QED) is 0.790. The summed E-state index contributed by atoms with van der Waals surface area (Å²) in [6.07, 6.45) is -0.435. The van der Waals surface area contributed by atoms with Gasteiger partial charge >= 0.3 is 11.9 Å². The first kappa shape index (κ1) is 11.3. The third-order valence-corrected chi connectivity index (χ3v) is 2.13. The van der Waals surface area contributed by atoms with E-state index in [1.807, 2.05) is 0 Å². The van der Waals surface area contributed by atoms with Crippen LogP contribution in [0.5, 0.6) is 0 Å². The Kier molecular flexibility index (Phi) is 3.14. The molecule has 0 fully saturated rings. The smallest absolute Gasteiger partial charge is 0.311 e. The molecule has 0 bridgehead atoms. The second kappa shape index (κ2) is 4.16. The van der Waals surface area contributed by atoms with Gasteiger partial charge in [0.2, 0.25) is 0 Å². The molecule has 0 saturated heterocycles. The first-order valence-electron chi connectivity index (χ1n) is 4.43. The number of furan rings is 1. The van der Waals surface area contributed by atoms with Gasteiger partial charge in [-0.1, -0.05) is 0 Å². The number of carboxylic acids is 2. The van der Waals surface area contributed by atoms with Gasteiger partial charge in [0, 0.05) is 5.56 Å². The molecule has 0 aliphatic heterocycles. The number of carbonyl (C=O) groups is 2. The van der Waals surface area contributed by atoms with Crippen LogP contribution in [0.3, 0.4) is 0 Å². The van der Waals surface area contributed by atoms with Crippen LogP contribution in [0.1, 0.15) is 29.4 Å². The summed E-state index contributed by atoms with van der Waals surface area (Å²) >= 11 is 0. The lowest BCUT2D eigenvalue weighted by molar-refractivity contribution is -0.145. The summed E-state index contributed by atoms with van der Waals surface area (Å²) in [7, 11) is 0. The molecule has 0 aliphatic rings. The van der Waals surface area contributed by atoms with Gasteiger partial charge < -0.3 is 14.6 Å². The first-order valence-corrected chi connectivity index (χ1v) is 4.43. The topological polar surface area (TPSA) is 87.7 Å². The van der Waals surface area contributed by atoms with Gasteiger partial charge in [0.05, 0.1) is 12.3 Å². The predicted octanol–water partition coefficient (Wildman–Crippen LogP) is 1.54. The molecular weight excluding hydrogens is 200 g/mol. The standard InChI is InChI=1S/C10H12O5/c1-5-3-7(6(2)15-5)8(10(13)14)4-9(11)12/h3,8H,4H2,1-2H3,(H,11,12)(H,13,14). The molecule has 82 valence electrons. The average molecular weight is 212 g/mol. The third kappa shape index (κ3) is 2.59. The minimum atomic E-state index is -1.15.